The Kier molecular flexibility index (Phi) is 4.34. The third-order valence-corrected chi connectivity index (χ3v) is 4.69. The highest BCUT2D eigenvalue weighted by atomic mass is 16.6. The van der Waals surface area contributed by atoms with Crippen LogP contribution in [0.5, 0.6) is 17.4 Å². The number of aromatic hydroxyl groups is 1. The Balaban J connectivity index is 1.96. The van der Waals surface area contributed by atoms with Crippen molar-refractivity contribution in [3.8, 4) is 23.1 Å². The van der Waals surface area contributed by atoms with Crippen molar-refractivity contribution >= 4 is 5.97 Å². The van der Waals surface area contributed by atoms with Crippen molar-refractivity contribution < 1.29 is 24.1 Å². The number of para-hydroxylation sites is 1. The van der Waals surface area contributed by atoms with Crippen molar-refractivity contribution in [3.63, 3.8) is 0 Å². The van der Waals surface area contributed by atoms with Gasteiger partial charge in [-0.2, -0.15) is 0 Å². The Bertz CT molecular complexity index is 1230. The number of esters is 1. The fourth-order valence-corrected chi connectivity index (χ4v) is 3.41. The molecule has 0 saturated carbocycles. The number of H-pyrrole nitrogens is 1. The number of nitrogens with zero attached hydrogens (tertiary/aromatic N) is 1. The summed E-state index contributed by atoms with van der Waals surface area (Å²) in [5.74, 6) is -0.886. The molecule has 1 aliphatic heterocycles. The maximum absolute atomic E-state index is 12.5. The number of nitrogens with one attached hydrogen (secondary N) is 1. The molecule has 148 valence electrons. The molecule has 0 radical (unpaired) electrons. The molecule has 0 unspecified atom stereocenters. The number of cyclic esters (lactones) is 1. The van der Waals surface area contributed by atoms with Crippen LogP contribution in [0.2, 0.25) is 0 Å². The summed E-state index contributed by atoms with van der Waals surface area (Å²) in [7, 11) is 2.80. The molecular weight excluding hydrogens is 380 g/mol. The van der Waals surface area contributed by atoms with Crippen molar-refractivity contribution in [2.45, 2.75) is 6.10 Å². The fraction of sp³-hybridized carbons (Fsp3) is 0.150. The van der Waals surface area contributed by atoms with Gasteiger partial charge in [0.2, 0.25) is 5.88 Å². The molecular formula is C20H16N2O7. The quantitative estimate of drug-likeness (QED) is 0.642. The molecule has 2 heterocycles. The molecule has 0 aliphatic carbocycles. The third-order valence-electron chi connectivity index (χ3n) is 4.69. The van der Waals surface area contributed by atoms with E-state index in [1.54, 1.807) is 42.5 Å². The van der Waals surface area contributed by atoms with Gasteiger partial charge in [-0.05, 0) is 18.2 Å². The first-order valence-corrected chi connectivity index (χ1v) is 8.57. The van der Waals surface area contributed by atoms with Gasteiger partial charge >= 0.3 is 11.7 Å². The first-order chi connectivity index (χ1) is 14.0. The highest BCUT2D eigenvalue weighted by Gasteiger charge is 2.40. The molecule has 0 amide bonds. The van der Waals surface area contributed by atoms with Gasteiger partial charge in [0.15, 0.2) is 17.6 Å². The summed E-state index contributed by atoms with van der Waals surface area (Å²) in [5, 5.41) is 10.8. The molecule has 2 N–H and O–H groups in total. The maximum Gasteiger partial charge on any atom is 0.343 e. The minimum atomic E-state index is -1.23. The second-order valence-corrected chi connectivity index (χ2v) is 6.22. The molecule has 0 fully saturated rings. The molecule has 9 heteroatoms. The number of carbonyl (C=O) groups is 1. The van der Waals surface area contributed by atoms with Gasteiger partial charge in [0, 0.05) is 5.56 Å². The standard InChI is InChI=1S/C20H16N2O7/c1-27-12-9-8-11-13(16(12)28-2)19(25)29-15(11)14-17(23)21-20(26)22(18(14)24)10-6-4-3-5-7-10/h3-9,15,24H,1-2H3,(H,21,23,26)/t15-/m1/s1. The van der Waals surface area contributed by atoms with Gasteiger partial charge in [-0.3, -0.25) is 9.78 Å². The van der Waals surface area contributed by atoms with Gasteiger partial charge in [0.25, 0.3) is 5.56 Å². The molecule has 1 aliphatic rings. The van der Waals surface area contributed by atoms with Crippen molar-refractivity contribution in [2.75, 3.05) is 14.2 Å². The van der Waals surface area contributed by atoms with Crippen LogP contribution in [0.25, 0.3) is 5.69 Å². The summed E-state index contributed by atoms with van der Waals surface area (Å²) in [6.45, 7) is 0. The Hall–Kier alpha value is -4.01. The van der Waals surface area contributed by atoms with E-state index >= 15 is 0 Å². The van der Waals surface area contributed by atoms with E-state index in [2.05, 4.69) is 4.98 Å². The average molecular weight is 396 g/mol. The zero-order valence-corrected chi connectivity index (χ0v) is 15.5. The van der Waals surface area contributed by atoms with E-state index in [1.165, 1.54) is 14.2 Å². The van der Waals surface area contributed by atoms with Crippen LogP contribution in [0.15, 0.2) is 52.1 Å². The number of aromatic amines is 1. The van der Waals surface area contributed by atoms with Crippen molar-refractivity contribution in [1.82, 2.24) is 9.55 Å². The monoisotopic (exact) mass is 396 g/mol. The van der Waals surface area contributed by atoms with E-state index in [4.69, 9.17) is 14.2 Å². The van der Waals surface area contributed by atoms with Gasteiger partial charge in [-0.1, -0.05) is 24.3 Å². The largest absolute Gasteiger partial charge is 0.494 e. The summed E-state index contributed by atoms with van der Waals surface area (Å²) in [4.78, 5) is 39.6. The van der Waals surface area contributed by atoms with E-state index in [-0.39, 0.29) is 16.9 Å². The Labute approximate surface area is 163 Å². The van der Waals surface area contributed by atoms with Crippen LogP contribution < -0.4 is 20.7 Å². The molecule has 3 aromatic rings. The molecule has 1 aromatic heterocycles. The lowest BCUT2D eigenvalue weighted by Crippen LogP contribution is -2.32. The molecule has 0 bridgehead atoms. The van der Waals surface area contributed by atoms with E-state index in [9.17, 15) is 19.5 Å². The predicted octanol–water partition coefficient (Wildman–Crippen LogP) is 1.51. The summed E-state index contributed by atoms with van der Waals surface area (Å²) in [5.41, 5.74) is -1.21. The van der Waals surface area contributed by atoms with Crippen LogP contribution >= 0.6 is 0 Å². The number of ether oxygens (including phenoxy) is 3. The summed E-state index contributed by atoms with van der Waals surface area (Å²) in [6, 6.07) is 11.4. The number of rotatable bonds is 4. The van der Waals surface area contributed by atoms with Crippen LogP contribution in [0.3, 0.4) is 0 Å². The fourth-order valence-electron chi connectivity index (χ4n) is 3.41. The highest BCUT2D eigenvalue weighted by Crippen LogP contribution is 2.44. The summed E-state index contributed by atoms with van der Waals surface area (Å²) in [6.07, 6.45) is -1.23. The summed E-state index contributed by atoms with van der Waals surface area (Å²) >= 11 is 0. The molecule has 2 aromatic carbocycles. The predicted molar refractivity (Wildman–Crippen MR) is 101 cm³/mol. The van der Waals surface area contributed by atoms with Crippen molar-refractivity contribution in [1.29, 1.82) is 0 Å². The van der Waals surface area contributed by atoms with Gasteiger partial charge in [0.1, 0.15) is 11.1 Å². The number of hydrogen-bond acceptors (Lipinski definition) is 7. The number of carbonyl (C=O) groups excluding carboxylic acids is 1. The molecule has 1 atom stereocenters. The van der Waals surface area contributed by atoms with E-state index < -0.39 is 29.2 Å². The normalized spacial score (nSPS) is 15.0. The molecule has 9 nitrogen and oxygen atoms in total. The number of hydrogen-bond donors (Lipinski definition) is 2. The Morgan fingerprint density at radius 2 is 1.76 bits per heavy atom. The lowest BCUT2D eigenvalue weighted by Gasteiger charge is -2.16. The molecule has 4 rings (SSSR count). The summed E-state index contributed by atoms with van der Waals surface area (Å²) < 4.78 is 16.8. The van der Waals surface area contributed by atoms with Gasteiger partial charge < -0.3 is 19.3 Å². The minimum absolute atomic E-state index is 0.0908. The third kappa shape index (κ3) is 2.75. The van der Waals surface area contributed by atoms with Gasteiger partial charge in [-0.15, -0.1) is 0 Å². The zero-order chi connectivity index (χ0) is 20.7. The second kappa shape index (κ2) is 6.86. The van der Waals surface area contributed by atoms with Gasteiger partial charge in [0.05, 0.1) is 19.9 Å². The highest BCUT2D eigenvalue weighted by molar-refractivity contribution is 5.98. The van der Waals surface area contributed by atoms with Crippen molar-refractivity contribution in [3.05, 3.63) is 80.0 Å². The van der Waals surface area contributed by atoms with Crippen LogP contribution in [-0.2, 0) is 4.74 Å². The topological polar surface area (TPSA) is 120 Å². The van der Waals surface area contributed by atoms with Crippen LogP contribution in [0.1, 0.15) is 27.6 Å². The lowest BCUT2D eigenvalue weighted by molar-refractivity contribution is 0.0447. The molecule has 0 spiro atoms. The number of methoxy groups -OCH3 is 2. The zero-order valence-electron chi connectivity index (χ0n) is 15.5. The maximum atomic E-state index is 12.5. The average Bonchev–Trinajstić information content (AvgIpc) is 3.04. The van der Waals surface area contributed by atoms with Crippen LogP contribution in [0, 0.1) is 0 Å². The molecule has 29 heavy (non-hydrogen) atoms. The van der Waals surface area contributed by atoms with E-state index in [0.717, 1.165) is 4.57 Å². The number of fused-ring (bicyclic) bond motifs is 1. The van der Waals surface area contributed by atoms with E-state index in [1.807, 2.05) is 0 Å². The number of aromatic nitrogens is 2. The number of benzene rings is 2. The van der Waals surface area contributed by atoms with Crippen molar-refractivity contribution in [2.24, 2.45) is 0 Å². The first-order valence-electron chi connectivity index (χ1n) is 8.57. The first kappa shape index (κ1) is 18.4. The SMILES string of the molecule is COc1ccc2c(c1OC)C(=O)O[C@H]2c1c(O)n(-c2ccccc2)c(=O)[nH]c1=O. The minimum Gasteiger partial charge on any atom is -0.494 e. The Morgan fingerprint density at radius 1 is 1.03 bits per heavy atom. The van der Waals surface area contributed by atoms with Crippen LogP contribution in [0.4, 0.5) is 0 Å². The lowest BCUT2D eigenvalue weighted by atomic mass is 9.99. The second-order valence-electron chi connectivity index (χ2n) is 6.22. The van der Waals surface area contributed by atoms with E-state index in [0.29, 0.717) is 17.0 Å². The Morgan fingerprint density at radius 3 is 2.41 bits per heavy atom. The smallest absolute Gasteiger partial charge is 0.343 e. The molecule has 0 saturated heterocycles. The van der Waals surface area contributed by atoms with Gasteiger partial charge in [-0.25, -0.2) is 14.2 Å². The van der Waals surface area contributed by atoms with Crippen LogP contribution in [-0.4, -0.2) is 34.8 Å².